The van der Waals surface area contributed by atoms with Gasteiger partial charge >= 0.3 is 0 Å². The lowest BCUT2D eigenvalue weighted by Crippen LogP contribution is -2.28. The quantitative estimate of drug-likeness (QED) is 0.366. The van der Waals surface area contributed by atoms with E-state index >= 15 is 0 Å². The van der Waals surface area contributed by atoms with E-state index in [-0.39, 0.29) is 17.7 Å². The summed E-state index contributed by atoms with van der Waals surface area (Å²) in [5.41, 5.74) is 2.52. The maximum Gasteiger partial charge on any atom is 0.230 e. The van der Waals surface area contributed by atoms with Crippen molar-refractivity contribution in [3.8, 4) is 5.69 Å². The van der Waals surface area contributed by atoms with Crippen molar-refractivity contribution in [1.29, 1.82) is 0 Å². The summed E-state index contributed by atoms with van der Waals surface area (Å²) in [4.78, 5) is 21.1. The average molecular weight is 424 g/mol. The Morgan fingerprint density at radius 2 is 1.90 bits per heavy atom. The molecule has 0 aliphatic heterocycles. The Kier molecular flexibility index (Phi) is 5.78. The second-order valence-corrected chi connectivity index (χ2v) is 7.78. The Morgan fingerprint density at radius 3 is 2.69 bits per heavy atom. The maximum atomic E-state index is 12.4. The number of carbonyl (C=O) groups excluding carboxylic acids is 1. The van der Waals surface area contributed by atoms with Crippen LogP contribution in [0.15, 0.2) is 72.1 Å². The number of nitrogens with zero attached hydrogens (tertiary/aromatic N) is 4. The van der Waals surface area contributed by atoms with Crippen LogP contribution in [0.5, 0.6) is 0 Å². The Hall–Kier alpha value is -2.90. The van der Waals surface area contributed by atoms with Crippen molar-refractivity contribution in [2.75, 3.05) is 5.75 Å². The Bertz CT molecular complexity index is 1150. The zero-order chi connectivity index (χ0) is 20.2. The molecule has 1 amide bonds. The predicted molar refractivity (Wildman–Crippen MR) is 115 cm³/mol. The van der Waals surface area contributed by atoms with E-state index in [9.17, 15) is 4.79 Å². The highest BCUT2D eigenvalue weighted by atomic mass is 35.5. The van der Waals surface area contributed by atoms with Gasteiger partial charge in [0.25, 0.3) is 0 Å². The van der Waals surface area contributed by atoms with Gasteiger partial charge in [0.15, 0.2) is 5.65 Å². The molecule has 2 heterocycles. The van der Waals surface area contributed by atoms with Crippen molar-refractivity contribution < 1.29 is 4.79 Å². The minimum absolute atomic E-state index is 0.0929. The molecule has 1 atom stereocenters. The zero-order valence-corrected chi connectivity index (χ0v) is 17.2. The number of hydrogen-bond donors (Lipinski definition) is 1. The molecule has 0 radical (unpaired) electrons. The molecule has 2 aromatic heterocycles. The molecule has 6 nitrogen and oxygen atoms in total. The summed E-state index contributed by atoms with van der Waals surface area (Å²) >= 11 is 7.57. The molecular formula is C21H18ClN5OS. The monoisotopic (exact) mass is 423 g/mol. The van der Waals surface area contributed by atoms with Gasteiger partial charge in [-0.2, -0.15) is 5.10 Å². The third-order valence-corrected chi connectivity index (χ3v) is 5.77. The molecule has 0 fully saturated rings. The first kappa shape index (κ1) is 19.4. The summed E-state index contributed by atoms with van der Waals surface area (Å²) in [5, 5.41) is 9.59. The fourth-order valence-electron chi connectivity index (χ4n) is 3.02. The van der Waals surface area contributed by atoms with Crippen molar-refractivity contribution >= 4 is 40.3 Å². The number of hydrogen-bond acceptors (Lipinski definition) is 5. The number of para-hydroxylation sites is 1. The van der Waals surface area contributed by atoms with E-state index in [1.807, 2.05) is 61.5 Å². The molecule has 8 heteroatoms. The third-order valence-electron chi connectivity index (χ3n) is 4.42. The highest BCUT2D eigenvalue weighted by molar-refractivity contribution is 8.00. The number of benzene rings is 2. The van der Waals surface area contributed by atoms with Crippen LogP contribution in [0, 0.1) is 0 Å². The fraction of sp³-hybridized carbons (Fsp3) is 0.143. The standard InChI is InChI=1S/C21H18ClN5OS/c1-14(16-9-5-6-10-18(16)22)26-19(28)12-29-21-17-11-25-27(20(17)23-13-24-21)15-7-3-2-4-8-15/h2-11,13-14H,12H2,1H3,(H,26,28). The summed E-state index contributed by atoms with van der Waals surface area (Å²) in [6, 6.07) is 17.1. The minimum Gasteiger partial charge on any atom is -0.349 e. The van der Waals surface area contributed by atoms with Crippen LogP contribution in [0.25, 0.3) is 16.7 Å². The molecule has 2 aromatic carbocycles. The molecule has 0 saturated heterocycles. The van der Waals surface area contributed by atoms with Crippen LogP contribution >= 0.6 is 23.4 Å². The molecule has 0 aliphatic carbocycles. The highest BCUT2D eigenvalue weighted by Gasteiger charge is 2.15. The summed E-state index contributed by atoms with van der Waals surface area (Å²) in [6.07, 6.45) is 3.23. The van der Waals surface area contributed by atoms with E-state index in [1.54, 1.807) is 10.9 Å². The van der Waals surface area contributed by atoms with Crippen molar-refractivity contribution in [2.45, 2.75) is 18.0 Å². The van der Waals surface area contributed by atoms with Crippen LogP contribution in [-0.4, -0.2) is 31.4 Å². The molecule has 1 unspecified atom stereocenters. The third kappa shape index (κ3) is 4.26. The van der Waals surface area contributed by atoms with Crippen LogP contribution in [0.1, 0.15) is 18.5 Å². The van der Waals surface area contributed by atoms with Crippen molar-refractivity contribution in [1.82, 2.24) is 25.1 Å². The number of amides is 1. The molecule has 0 bridgehead atoms. The van der Waals surface area contributed by atoms with Crippen molar-refractivity contribution in [3.05, 3.63) is 77.7 Å². The normalized spacial score (nSPS) is 12.1. The van der Waals surface area contributed by atoms with Gasteiger partial charge in [0, 0.05) is 5.02 Å². The van der Waals surface area contributed by atoms with E-state index in [4.69, 9.17) is 11.6 Å². The van der Waals surface area contributed by atoms with E-state index in [0.29, 0.717) is 10.7 Å². The molecule has 0 saturated carbocycles. The lowest BCUT2D eigenvalue weighted by Gasteiger charge is -2.15. The lowest BCUT2D eigenvalue weighted by molar-refractivity contribution is -0.119. The van der Waals surface area contributed by atoms with Crippen LogP contribution in [0.2, 0.25) is 5.02 Å². The largest absolute Gasteiger partial charge is 0.349 e. The second-order valence-electron chi connectivity index (χ2n) is 6.41. The fourth-order valence-corrected chi connectivity index (χ4v) is 4.09. The molecule has 0 aliphatic rings. The van der Waals surface area contributed by atoms with Gasteiger partial charge in [-0.1, -0.05) is 59.8 Å². The maximum absolute atomic E-state index is 12.4. The Balaban J connectivity index is 1.47. The molecule has 0 spiro atoms. The number of rotatable bonds is 6. The van der Waals surface area contributed by atoms with Gasteiger partial charge in [-0.3, -0.25) is 4.79 Å². The molecule has 4 rings (SSSR count). The van der Waals surface area contributed by atoms with Crippen LogP contribution in [0.3, 0.4) is 0 Å². The molecule has 4 aromatic rings. The number of carbonyl (C=O) groups is 1. The van der Waals surface area contributed by atoms with Crippen LogP contribution in [-0.2, 0) is 4.79 Å². The van der Waals surface area contributed by atoms with E-state index in [1.165, 1.54) is 18.1 Å². The summed E-state index contributed by atoms with van der Waals surface area (Å²) in [7, 11) is 0. The van der Waals surface area contributed by atoms with Crippen LogP contribution in [0.4, 0.5) is 0 Å². The summed E-state index contributed by atoms with van der Waals surface area (Å²) in [5.74, 6) is 0.141. The van der Waals surface area contributed by atoms with Crippen LogP contribution < -0.4 is 5.32 Å². The molecular weight excluding hydrogens is 406 g/mol. The topological polar surface area (TPSA) is 72.7 Å². The van der Waals surface area contributed by atoms with Gasteiger partial charge in [-0.25, -0.2) is 14.6 Å². The first-order chi connectivity index (χ1) is 14.1. The molecule has 29 heavy (non-hydrogen) atoms. The number of fused-ring (bicyclic) bond motifs is 1. The summed E-state index contributed by atoms with van der Waals surface area (Å²) in [6.45, 7) is 1.91. The van der Waals surface area contributed by atoms with E-state index < -0.39 is 0 Å². The van der Waals surface area contributed by atoms with Gasteiger partial charge in [-0.05, 0) is 30.7 Å². The number of nitrogens with one attached hydrogen (secondary N) is 1. The lowest BCUT2D eigenvalue weighted by atomic mass is 10.1. The second kappa shape index (κ2) is 8.63. The Labute approximate surface area is 177 Å². The highest BCUT2D eigenvalue weighted by Crippen LogP contribution is 2.26. The predicted octanol–water partition coefficient (Wildman–Crippen LogP) is 4.44. The average Bonchev–Trinajstić information content (AvgIpc) is 3.18. The van der Waals surface area contributed by atoms with Gasteiger partial charge in [0.1, 0.15) is 11.4 Å². The smallest absolute Gasteiger partial charge is 0.230 e. The first-order valence-electron chi connectivity index (χ1n) is 9.04. The van der Waals surface area contributed by atoms with Crippen molar-refractivity contribution in [3.63, 3.8) is 0 Å². The van der Waals surface area contributed by atoms with E-state index in [2.05, 4.69) is 20.4 Å². The number of halogens is 1. The van der Waals surface area contributed by atoms with Crippen molar-refractivity contribution in [2.24, 2.45) is 0 Å². The SMILES string of the molecule is CC(NC(=O)CSc1ncnc2c1cnn2-c1ccccc1)c1ccccc1Cl. The molecule has 1 N–H and O–H groups in total. The van der Waals surface area contributed by atoms with Gasteiger partial charge in [0.05, 0.1) is 29.1 Å². The zero-order valence-electron chi connectivity index (χ0n) is 15.6. The van der Waals surface area contributed by atoms with Gasteiger partial charge in [-0.15, -0.1) is 0 Å². The first-order valence-corrected chi connectivity index (χ1v) is 10.4. The number of aromatic nitrogens is 4. The molecule has 146 valence electrons. The number of thioether (sulfide) groups is 1. The Morgan fingerprint density at radius 1 is 1.14 bits per heavy atom. The summed E-state index contributed by atoms with van der Waals surface area (Å²) < 4.78 is 1.76. The van der Waals surface area contributed by atoms with E-state index in [0.717, 1.165) is 21.7 Å². The van der Waals surface area contributed by atoms with Gasteiger partial charge < -0.3 is 5.32 Å². The minimum atomic E-state index is -0.178. The van der Waals surface area contributed by atoms with Gasteiger partial charge in [0.2, 0.25) is 5.91 Å².